The molecule has 0 radical (unpaired) electrons. The van der Waals surface area contributed by atoms with Crippen molar-refractivity contribution < 1.29 is 23.9 Å². The monoisotopic (exact) mass is 279 g/mol. The van der Waals surface area contributed by atoms with Crippen molar-refractivity contribution in [2.24, 2.45) is 0 Å². The van der Waals surface area contributed by atoms with Crippen molar-refractivity contribution in [3.05, 3.63) is 29.8 Å². The lowest BCUT2D eigenvalue weighted by Crippen LogP contribution is -2.40. The maximum absolute atomic E-state index is 11.7. The molecule has 0 saturated heterocycles. The lowest BCUT2D eigenvalue weighted by atomic mass is 10.2. The normalized spacial score (nSPS) is 9.95. The lowest BCUT2D eigenvalue weighted by molar-refractivity contribution is -0.155. The van der Waals surface area contributed by atoms with Gasteiger partial charge in [0.2, 0.25) is 6.04 Å². The summed E-state index contributed by atoms with van der Waals surface area (Å²) in [4.78, 5) is 34.0. The molecule has 0 spiro atoms. The van der Waals surface area contributed by atoms with Crippen molar-refractivity contribution in [3.63, 3.8) is 0 Å². The molecule has 1 rings (SSSR count). The van der Waals surface area contributed by atoms with Crippen LogP contribution in [-0.4, -0.2) is 37.5 Å². The lowest BCUT2D eigenvalue weighted by Gasteiger charge is -2.16. The summed E-state index contributed by atoms with van der Waals surface area (Å²) in [5, 5.41) is 2.73. The minimum atomic E-state index is -1.23. The van der Waals surface area contributed by atoms with Gasteiger partial charge < -0.3 is 14.8 Å². The molecule has 0 aliphatic rings. The third-order valence-corrected chi connectivity index (χ3v) is 2.40. The molecule has 6 nitrogen and oxygen atoms in total. The second-order valence-corrected chi connectivity index (χ2v) is 3.82. The van der Waals surface area contributed by atoms with Gasteiger partial charge in [-0.25, -0.2) is 9.59 Å². The minimum absolute atomic E-state index is 0.167. The Morgan fingerprint density at radius 2 is 1.60 bits per heavy atom. The number of ether oxygens (including phenoxy) is 2. The van der Waals surface area contributed by atoms with Crippen molar-refractivity contribution in [2.45, 2.75) is 19.9 Å². The van der Waals surface area contributed by atoms with E-state index in [9.17, 15) is 14.4 Å². The Balaban J connectivity index is 2.84. The molecule has 0 amide bonds. The fraction of sp³-hybridized carbons (Fsp3) is 0.357. The second-order valence-electron chi connectivity index (χ2n) is 3.82. The van der Waals surface area contributed by atoms with E-state index >= 15 is 0 Å². The van der Waals surface area contributed by atoms with Gasteiger partial charge in [-0.2, -0.15) is 0 Å². The Labute approximate surface area is 117 Å². The molecule has 0 aliphatic carbocycles. The summed E-state index contributed by atoms with van der Waals surface area (Å²) in [6.07, 6.45) is 0.706. The number of aldehydes is 1. The number of carbonyl (C=O) groups is 3. The maximum atomic E-state index is 11.7. The van der Waals surface area contributed by atoms with Gasteiger partial charge in [0, 0.05) is 11.3 Å². The highest BCUT2D eigenvalue weighted by atomic mass is 16.6. The van der Waals surface area contributed by atoms with Crippen LogP contribution in [0.3, 0.4) is 0 Å². The van der Waals surface area contributed by atoms with Crippen LogP contribution in [0.5, 0.6) is 0 Å². The van der Waals surface area contributed by atoms with E-state index in [0.717, 1.165) is 0 Å². The number of nitrogens with one attached hydrogen (secondary N) is 1. The van der Waals surface area contributed by atoms with Crippen molar-refractivity contribution in [2.75, 3.05) is 18.5 Å². The quantitative estimate of drug-likeness (QED) is 0.461. The first-order valence-corrected chi connectivity index (χ1v) is 6.27. The van der Waals surface area contributed by atoms with Crippen LogP contribution in [0.2, 0.25) is 0 Å². The molecular formula is C14H17NO5. The summed E-state index contributed by atoms with van der Waals surface area (Å²) >= 11 is 0. The zero-order valence-corrected chi connectivity index (χ0v) is 11.4. The zero-order valence-electron chi connectivity index (χ0n) is 11.4. The number of hydrogen-bond acceptors (Lipinski definition) is 6. The average Bonchev–Trinajstić information content (AvgIpc) is 2.45. The van der Waals surface area contributed by atoms with Crippen LogP contribution in [0.15, 0.2) is 24.3 Å². The van der Waals surface area contributed by atoms with E-state index in [1.807, 2.05) is 0 Å². The molecule has 0 atom stereocenters. The second kappa shape index (κ2) is 7.93. The first-order valence-electron chi connectivity index (χ1n) is 6.27. The van der Waals surface area contributed by atoms with Gasteiger partial charge in [-0.05, 0) is 38.1 Å². The predicted octanol–water partition coefficient (Wildman–Crippen LogP) is 1.41. The average molecular weight is 279 g/mol. The van der Waals surface area contributed by atoms with E-state index in [2.05, 4.69) is 5.32 Å². The van der Waals surface area contributed by atoms with Gasteiger partial charge in [0.05, 0.1) is 13.2 Å². The topological polar surface area (TPSA) is 81.7 Å². The van der Waals surface area contributed by atoms with Crippen LogP contribution in [-0.2, 0) is 19.1 Å². The number of benzene rings is 1. The van der Waals surface area contributed by atoms with Crippen LogP contribution in [0.4, 0.5) is 5.69 Å². The van der Waals surface area contributed by atoms with Crippen LogP contribution in [0, 0.1) is 0 Å². The number of hydrogen-bond donors (Lipinski definition) is 1. The summed E-state index contributed by atoms with van der Waals surface area (Å²) in [5.74, 6) is -1.41. The van der Waals surface area contributed by atoms with Gasteiger partial charge in [0.25, 0.3) is 0 Å². The Kier molecular flexibility index (Phi) is 6.22. The van der Waals surface area contributed by atoms with Crippen molar-refractivity contribution in [3.8, 4) is 0 Å². The van der Waals surface area contributed by atoms with E-state index < -0.39 is 18.0 Å². The third kappa shape index (κ3) is 4.38. The molecule has 0 unspecified atom stereocenters. The molecule has 1 aromatic carbocycles. The summed E-state index contributed by atoms with van der Waals surface area (Å²) in [6.45, 7) is 3.64. The van der Waals surface area contributed by atoms with Crippen LogP contribution in [0.25, 0.3) is 0 Å². The van der Waals surface area contributed by atoms with E-state index in [0.29, 0.717) is 17.5 Å². The number of carbonyl (C=O) groups excluding carboxylic acids is 3. The number of esters is 2. The Morgan fingerprint density at radius 3 is 2.00 bits per heavy atom. The number of anilines is 1. The van der Waals surface area contributed by atoms with Gasteiger partial charge in [-0.1, -0.05) is 0 Å². The fourth-order valence-corrected chi connectivity index (χ4v) is 1.49. The number of rotatable bonds is 7. The molecule has 0 heterocycles. The van der Waals surface area contributed by atoms with Crippen molar-refractivity contribution in [1.82, 2.24) is 0 Å². The van der Waals surface area contributed by atoms with Crippen LogP contribution in [0.1, 0.15) is 24.2 Å². The predicted molar refractivity (Wildman–Crippen MR) is 72.5 cm³/mol. The molecule has 1 N–H and O–H groups in total. The molecule has 0 aromatic heterocycles. The summed E-state index contributed by atoms with van der Waals surface area (Å²) in [7, 11) is 0. The van der Waals surface area contributed by atoms with Gasteiger partial charge in [-0.3, -0.25) is 4.79 Å². The zero-order chi connectivity index (χ0) is 15.0. The van der Waals surface area contributed by atoms with Crippen molar-refractivity contribution in [1.29, 1.82) is 0 Å². The third-order valence-electron chi connectivity index (χ3n) is 2.40. The van der Waals surface area contributed by atoms with Crippen LogP contribution < -0.4 is 5.32 Å². The Morgan fingerprint density at radius 1 is 1.10 bits per heavy atom. The molecule has 6 heteroatoms. The minimum Gasteiger partial charge on any atom is -0.464 e. The summed E-state index contributed by atoms with van der Waals surface area (Å²) in [5.41, 5.74) is 1.01. The molecule has 20 heavy (non-hydrogen) atoms. The molecule has 0 bridgehead atoms. The molecule has 0 aliphatic heterocycles. The standard InChI is InChI=1S/C14H17NO5/c1-3-19-13(17)12(14(18)20-4-2)15-11-7-5-10(9-16)6-8-11/h5-9,12,15H,3-4H2,1-2H3. The largest absolute Gasteiger partial charge is 0.464 e. The highest BCUT2D eigenvalue weighted by Gasteiger charge is 2.29. The molecule has 0 fully saturated rings. The maximum Gasteiger partial charge on any atom is 0.340 e. The van der Waals surface area contributed by atoms with Gasteiger partial charge in [0.1, 0.15) is 6.29 Å². The highest BCUT2D eigenvalue weighted by Crippen LogP contribution is 2.11. The Hall–Kier alpha value is -2.37. The van der Waals surface area contributed by atoms with Gasteiger partial charge in [-0.15, -0.1) is 0 Å². The van der Waals surface area contributed by atoms with E-state index in [1.165, 1.54) is 0 Å². The summed E-state index contributed by atoms with van der Waals surface area (Å²) in [6, 6.07) is 5.10. The SMILES string of the molecule is CCOC(=O)C(Nc1ccc(C=O)cc1)C(=O)OCC. The van der Waals surface area contributed by atoms with Crippen molar-refractivity contribution >= 4 is 23.9 Å². The molecular weight excluding hydrogens is 262 g/mol. The van der Waals surface area contributed by atoms with E-state index in [-0.39, 0.29) is 13.2 Å². The summed E-state index contributed by atoms with van der Waals surface area (Å²) < 4.78 is 9.66. The molecule has 0 saturated carbocycles. The van der Waals surface area contributed by atoms with Gasteiger partial charge in [0.15, 0.2) is 0 Å². The van der Waals surface area contributed by atoms with E-state index in [4.69, 9.17) is 9.47 Å². The smallest absolute Gasteiger partial charge is 0.340 e. The Bertz CT molecular complexity index is 451. The fourth-order valence-electron chi connectivity index (χ4n) is 1.49. The van der Waals surface area contributed by atoms with Crippen LogP contribution >= 0.6 is 0 Å². The highest BCUT2D eigenvalue weighted by molar-refractivity contribution is 6.02. The first kappa shape index (κ1) is 15.7. The first-order chi connectivity index (χ1) is 9.62. The molecule has 108 valence electrons. The van der Waals surface area contributed by atoms with E-state index in [1.54, 1.807) is 38.1 Å². The molecule has 1 aromatic rings. The van der Waals surface area contributed by atoms with Gasteiger partial charge >= 0.3 is 11.9 Å².